The lowest BCUT2D eigenvalue weighted by Crippen LogP contribution is -2.28. The number of hydrogen-bond acceptors (Lipinski definition) is 16. The summed E-state index contributed by atoms with van der Waals surface area (Å²) in [6.45, 7) is 21.1. The molecule has 2 aliphatic heterocycles. The number of aromatic nitrogens is 2. The number of amides is 2. The topological polar surface area (TPSA) is 283 Å². The number of benzene rings is 4. The number of aryl methyl sites for hydroxylation is 1. The van der Waals surface area contributed by atoms with Gasteiger partial charge < -0.3 is 49.5 Å². The van der Waals surface area contributed by atoms with E-state index in [1.54, 1.807) is 12.1 Å². The standard InChI is InChI=1S/C76H99N7O14S2/c1-54-70-66(52-74(2,3)53-67(70)84)83(80-54)59-31-32-60(72(77)85)63(51-59)78-35-17-39-93-41-43-95-45-47-97-48-46-96-44-42-94-40-18-36-79-73(86)58-27-25-57(26-28-58)71-55(29-33-68-75(4,5)61-21-8-10-23-64(61)81(68)37-12-14-49-98(87,88)89)19-16-20-56(71)30-34-69-76(6,7)62-22-9-11-24-65(62)82(69)38-13-15-50-99(90,91)92/h8-11,21-34,51H,12-20,35-50,52-53H2,1-7H3,(H5-,77,78,79,85,86,87,88,89,90,91,92). The number of ketones is 1. The quantitative estimate of drug-likeness (QED) is 0.0162. The molecule has 0 bridgehead atoms. The van der Waals surface area contributed by atoms with Gasteiger partial charge in [-0.25, -0.2) is 13.1 Å². The summed E-state index contributed by atoms with van der Waals surface area (Å²) >= 11 is 0. The average molecular weight is 1400 g/mol. The molecule has 0 atom stereocenters. The van der Waals surface area contributed by atoms with Crippen LogP contribution in [0.2, 0.25) is 0 Å². The zero-order valence-corrected chi connectivity index (χ0v) is 60.1. The number of nitrogens with one attached hydrogen (secondary N) is 2. The van der Waals surface area contributed by atoms with Crippen molar-refractivity contribution in [3.05, 3.63) is 177 Å². The molecule has 2 amide bonds. The number of rotatable bonds is 38. The van der Waals surface area contributed by atoms with Crippen molar-refractivity contribution in [3.8, 4) is 5.69 Å². The van der Waals surface area contributed by atoms with Gasteiger partial charge in [-0.2, -0.15) is 18.1 Å². The van der Waals surface area contributed by atoms with Crippen molar-refractivity contribution in [3.63, 3.8) is 0 Å². The number of fused-ring (bicyclic) bond motifs is 3. The number of unbranched alkanes of at least 4 members (excludes halogenated alkanes) is 2. The van der Waals surface area contributed by atoms with Crippen LogP contribution >= 0.6 is 0 Å². The Balaban J connectivity index is 0.714. The second kappa shape index (κ2) is 34.3. The van der Waals surface area contributed by atoms with Crippen LogP contribution in [0.4, 0.5) is 17.1 Å². The Morgan fingerprint density at radius 1 is 0.707 bits per heavy atom. The number of anilines is 2. The molecule has 3 heterocycles. The van der Waals surface area contributed by atoms with Gasteiger partial charge in [-0.05, 0) is 154 Å². The van der Waals surface area contributed by atoms with E-state index in [1.807, 2.05) is 66.2 Å². The van der Waals surface area contributed by atoms with Crippen LogP contribution < -0.4 is 21.3 Å². The maximum absolute atomic E-state index is 13.6. The summed E-state index contributed by atoms with van der Waals surface area (Å²) in [5.41, 5.74) is 20.2. The number of nitrogens with zero attached hydrogens (tertiary/aromatic N) is 4. The molecule has 5 N–H and O–H groups in total. The molecule has 5 aromatic rings. The van der Waals surface area contributed by atoms with E-state index in [9.17, 15) is 40.3 Å². The summed E-state index contributed by atoms with van der Waals surface area (Å²) < 4.78 is 100. The van der Waals surface area contributed by atoms with Crippen molar-refractivity contribution in [2.24, 2.45) is 11.1 Å². The van der Waals surface area contributed by atoms with Crippen LogP contribution in [-0.2, 0) is 61.2 Å². The van der Waals surface area contributed by atoms with Crippen LogP contribution in [0, 0.1) is 12.3 Å². The number of allylic oxidation sites excluding steroid dienone is 8. The first-order valence-corrected chi connectivity index (χ1v) is 37.8. The van der Waals surface area contributed by atoms with Gasteiger partial charge in [-0.3, -0.25) is 18.9 Å². The molecule has 0 unspecified atom stereocenters. The van der Waals surface area contributed by atoms with Gasteiger partial charge in [0.25, 0.3) is 21.9 Å². The molecule has 99 heavy (non-hydrogen) atoms. The zero-order chi connectivity index (χ0) is 71.0. The summed E-state index contributed by atoms with van der Waals surface area (Å²) in [6.07, 6.45) is 15.5. The number of nitrogens with two attached hydrogens (primary N) is 1. The first-order valence-electron chi connectivity index (χ1n) is 34.6. The molecule has 2 aliphatic carbocycles. The highest BCUT2D eigenvalue weighted by molar-refractivity contribution is 7.85. The van der Waals surface area contributed by atoms with Gasteiger partial charge in [0.15, 0.2) is 11.5 Å². The Morgan fingerprint density at radius 3 is 1.99 bits per heavy atom. The second-order valence-electron chi connectivity index (χ2n) is 27.6. The van der Waals surface area contributed by atoms with Crippen LogP contribution in [0.3, 0.4) is 0 Å². The highest BCUT2D eigenvalue weighted by Gasteiger charge is 2.44. The van der Waals surface area contributed by atoms with Crippen LogP contribution in [0.1, 0.15) is 165 Å². The summed E-state index contributed by atoms with van der Waals surface area (Å²) in [5.74, 6) is -1.34. The van der Waals surface area contributed by atoms with E-state index in [1.165, 1.54) is 5.56 Å². The Labute approximate surface area is 584 Å². The van der Waals surface area contributed by atoms with Crippen molar-refractivity contribution < 1.29 is 68.6 Å². The monoisotopic (exact) mass is 1400 g/mol. The molecular formula is C76H99N7O14S2. The fourth-order valence-corrected chi connectivity index (χ4v) is 15.0. The van der Waals surface area contributed by atoms with E-state index in [4.69, 9.17) is 34.5 Å². The minimum absolute atomic E-state index is 0.102. The van der Waals surface area contributed by atoms with Crippen molar-refractivity contribution >= 4 is 66.2 Å². The van der Waals surface area contributed by atoms with Crippen molar-refractivity contribution in [2.75, 3.05) is 114 Å². The maximum Gasteiger partial charge on any atom is 0.264 e. The van der Waals surface area contributed by atoms with Crippen molar-refractivity contribution in [2.45, 2.75) is 130 Å². The first-order chi connectivity index (χ1) is 47.2. The maximum atomic E-state index is 13.6. The molecule has 0 fully saturated rings. The van der Waals surface area contributed by atoms with Crippen LogP contribution in [0.25, 0.3) is 11.3 Å². The molecule has 4 aliphatic rings. The summed E-state index contributed by atoms with van der Waals surface area (Å²) in [7, 11) is -8.43. The number of Topliss-reactive ketones (excluding diaryl/α,β-unsaturated/α-hetero) is 1. The van der Waals surface area contributed by atoms with E-state index in [2.05, 4.69) is 110 Å². The van der Waals surface area contributed by atoms with E-state index in [0.717, 1.165) is 81.3 Å². The lowest BCUT2D eigenvalue weighted by atomic mass is 9.75. The van der Waals surface area contributed by atoms with Gasteiger partial charge in [-0.1, -0.05) is 88.4 Å². The molecule has 4 aromatic carbocycles. The Hall–Kier alpha value is -7.45. The van der Waals surface area contributed by atoms with Gasteiger partial charge in [0.05, 0.1) is 102 Å². The van der Waals surface area contributed by atoms with Crippen molar-refractivity contribution in [1.82, 2.24) is 15.1 Å². The Morgan fingerprint density at radius 2 is 1.33 bits per heavy atom. The van der Waals surface area contributed by atoms with Gasteiger partial charge in [-0.15, -0.1) is 0 Å². The normalized spacial score (nSPS) is 17.3. The Bertz CT molecular complexity index is 4090. The lowest BCUT2D eigenvalue weighted by molar-refractivity contribution is -0.438. The van der Waals surface area contributed by atoms with Crippen LogP contribution in [0.5, 0.6) is 0 Å². The molecule has 9 rings (SSSR count). The number of carbonyl (C=O) groups excluding carboxylic acids is 3. The third-order valence-electron chi connectivity index (χ3n) is 18.8. The third-order valence-corrected chi connectivity index (χ3v) is 20.4. The molecule has 534 valence electrons. The second-order valence-corrected chi connectivity index (χ2v) is 30.7. The summed E-state index contributed by atoms with van der Waals surface area (Å²) in [6, 6.07) is 29.6. The van der Waals surface area contributed by atoms with Gasteiger partial charge in [0.1, 0.15) is 6.54 Å². The molecule has 0 saturated carbocycles. The molecule has 0 saturated heterocycles. The SMILES string of the molecule is Cc1nn(-c2ccc(C(N)=O)c(NCCCOCCOCCOCCOCCOCCCNC(=O)c3ccc(C4=C(/C=C/C5=[N+](CCCCS(=O)(=O)O)c6ccccc6C5(C)C)CCC/C4=C\C=C4/N(CCCCS(=O)(=O)[O-])c5ccccc5C4(C)C)cc3)c2)c2c1C(=O)CC(C)(C)C2. The highest BCUT2D eigenvalue weighted by Crippen LogP contribution is 2.49. The third kappa shape index (κ3) is 20.2. The largest absolute Gasteiger partial charge is 0.748 e. The number of primary amides is 1. The average Bonchev–Trinajstić information content (AvgIpc) is 1.63. The predicted octanol–water partition coefficient (Wildman–Crippen LogP) is 11.3. The van der Waals surface area contributed by atoms with E-state index in [0.29, 0.717) is 165 Å². The molecule has 23 heteroatoms. The number of ether oxygens (including phenoxy) is 5. The minimum Gasteiger partial charge on any atom is -0.748 e. The van der Waals surface area contributed by atoms with Gasteiger partial charge in [0, 0.05) is 97.2 Å². The number of para-hydroxylation sites is 2. The van der Waals surface area contributed by atoms with E-state index in [-0.39, 0.29) is 40.1 Å². The van der Waals surface area contributed by atoms with E-state index < -0.39 is 31.9 Å². The highest BCUT2D eigenvalue weighted by atomic mass is 32.2. The fraction of sp³-hybridized carbons (Fsp3) is 0.487. The molecular weight excluding hydrogens is 1300 g/mol. The van der Waals surface area contributed by atoms with Crippen molar-refractivity contribution in [1.29, 1.82) is 0 Å². The lowest BCUT2D eigenvalue weighted by Gasteiger charge is -2.29. The number of carbonyl (C=O) groups is 3. The number of hydrogen-bond donors (Lipinski definition) is 4. The van der Waals surface area contributed by atoms with Crippen LogP contribution in [-0.4, -0.2) is 167 Å². The molecule has 0 spiro atoms. The smallest absolute Gasteiger partial charge is 0.264 e. The first kappa shape index (κ1) is 75.7. The summed E-state index contributed by atoms with van der Waals surface area (Å²) in [4.78, 5) is 41.1. The molecule has 1 aromatic heterocycles. The molecule has 0 radical (unpaired) electrons. The van der Waals surface area contributed by atoms with Gasteiger partial charge >= 0.3 is 0 Å². The predicted molar refractivity (Wildman–Crippen MR) is 385 cm³/mol. The Kier molecular flexibility index (Phi) is 26.2. The zero-order valence-electron chi connectivity index (χ0n) is 58.5. The van der Waals surface area contributed by atoms with Gasteiger partial charge in [0.2, 0.25) is 5.69 Å². The fourth-order valence-electron chi connectivity index (χ4n) is 13.9. The summed E-state index contributed by atoms with van der Waals surface area (Å²) in [5, 5.41) is 11.1. The van der Waals surface area contributed by atoms with Crippen LogP contribution in [0.15, 0.2) is 132 Å². The molecule has 21 nitrogen and oxygen atoms in total. The minimum atomic E-state index is -4.34. The van der Waals surface area contributed by atoms with E-state index >= 15 is 0 Å².